The predicted molar refractivity (Wildman–Crippen MR) is 77.9 cm³/mol. The highest BCUT2D eigenvalue weighted by Crippen LogP contribution is 2.23. The molecule has 4 nitrogen and oxygen atoms in total. The molecule has 0 amide bonds. The Labute approximate surface area is 118 Å². The molecule has 0 radical (unpaired) electrons. The molecule has 104 valence electrons. The van der Waals surface area contributed by atoms with Gasteiger partial charge in [0.05, 0.1) is 0 Å². The molecule has 0 fully saturated rings. The number of rotatable bonds is 6. The van der Waals surface area contributed by atoms with Crippen LogP contribution >= 0.6 is 11.6 Å². The molecule has 0 aromatic carbocycles. The Morgan fingerprint density at radius 2 is 2.26 bits per heavy atom. The zero-order chi connectivity index (χ0) is 13.8. The van der Waals surface area contributed by atoms with E-state index in [0.717, 1.165) is 42.0 Å². The van der Waals surface area contributed by atoms with Crippen LogP contribution in [0, 0.1) is 6.92 Å². The van der Waals surface area contributed by atoms with Crippen LogP contribution in [0.3, 0.4) is 0 Å². The fraction of sp³-hybridized carbons (Fsp3) is 0.571. The largest absolute Gasteiger partial charge is 0.385 e. The number of alkyl halides is 1. The minimum absolute atomic E-state index is 0.304. The minimum atomic E-state index is 0.304. The third-order valence-corrected chi connectivity index (χ3v) is 3.43. The molecule has 1 unspecified atom stereocenters. The van der Waals surface area contributed by atoms with E-state index in [1.165, 1.54) is 0 Å². The first kappa shape index (κ1) is 14.3. The van der Waals surface area contributed by atoms with Gasteiger partial charge >= 0.3 is 0 Å². The standard InChI is InChI=1S/C14H20ClN3O/c1-10-8-12-14(16-9-10)18(11(2)5-7-19-3)13(17-12)4-6-15/h8-9,11H,4-7H2,1-3H3. The van der Waals surface area contributed by atoms with E-state index in [1.807, 2.05) is 13.1 Å². The lowest BCUT2D eigenvalue weighted by Crippen LogP contribution is -2.12. The SMILES string of the molecule is COCCC(C)n1c(CCCl)nc2cc(C)cnc21. The summed E-state index contributed by atoms with van der Waals surface area (Å²) in [7, 11) is 1.72. The number of hydrogen-bond donors (Lipinski definition) is 0. The Hall–Kier alpha value is -1.13. The van der Waals surface area contributed by atoms with E-state index >= 15 is 0 Å². The van der Waals surface area contributed by atoms with E-state index in [4.69, 9.17) is 16.3 Å². The molecule has 5 heteroatoms. The minimum Gasteiger partial charge on any atom is -0.385 e. The van der Waals surface area contributed by atoms with Crippen LogP contribution in [-0.2, 0) is 11.2 Å². The number of fused-ring (bicyclic) bond motifs is 1. The van der Waals surface area contributed by atoms with Gasteiger partial charge in [-0.3, -0.25) is 0 Å². The third-order valence-electron chi connectivity index (χ3n) is 3.24. The molecular weight excluding hydrogens is 262 g/mol. The van der Waals surface area contributed by atoms with E-state index in [-0.39, 0.29) is 0 Å². The van der Waals surface area contributed by atoms with Crippen molar-refractivity contribution in [2.45, 2.75) is 32.7 Å². The van der Waals surface area contributed by atoms with Crippen molar-refractivity contribution in [2.75, 3.05) is 19.6 Å². The summed E-state index contributed by atoms with van der Waals surface area (Å²) in [5.41, 5.74) is 3.01. The van der Waals surface area contributed by atoms with Gasteiger partial charge in [-0.25, -0.2) is 9.97 Å². The van der Waals surface area contributed by atoms with Crippen LogP contribution in [0.25, 0.3) is 11.2 Å². The first-order valence-corrected chi connectivity index (χ1v) is 7.09. The van der Waals surface area contributed by atoms with Crippen molar-refractivity contribution in [1.82, 2.24) is 14.5 Å². The lowest BCUT2D eigenvalue weighted by molar-refractivity contribution is 0.181. The van der Waals surface area contributed by atoms with Gasteiger partial charge < -0.3 is 9.30 Å². The molecule has 0 N–H and O–H groups in total. The molecule has 1 atom stereocenters. The summed E-state index contributed by atoms with van der Waals surface area (Å²) in [6.45, 7) is 4.92. The Morgan fingerprint density at radius 1 is 1.47 bits per heavy atom. The van der Waals surface area contributed by atoms with Gasteiger partial charge in [-0.05, 0) is 31.9 Å². The van der Waals surface area contributed by atoms with Gasteiger partial charge in [-0.2, -0.15) is 0 Å². The summed E-state index contributed by atoms with van der Waals surface area (Å²) in [6.07, 6.45) is 3.58. The maximum Gasteiger partial charge on any atom is 0.160 e. The highest BCUT2D eigenvalue weighted by Gasteiger charge is 2.16. The quantitative estimate of drug-likeness (QED) is 0.764. The van der Waals surface area contributed by atoms with Crippen LogP contribution in [0.4, 0.5) is 0 Å². The number of halogens is 1. The summed E-state index contributed by atoms with van der Waals surface area (Å²) in [4.78, 5) is 9.20. The van der Waals surface area contributed by atoms with Crippen molar-refractivity contribution in [1.29, 1.82) is 0 Å². The number of aromatic nitrogens is 3. The third kappa shape index (κ3) is 3.07. The van der Waals surface area contributed by atoms with Crippen LogP contribution in [0.1, 0.15) is 30.8 Å². The van der Waals surface area contributed by atoms with Gasteiger partial charge in [0.2, 0.25) is 0 Å². The molecular formula is C14H20ClN3O. The first-order chi connectivity index (χ1) is 9.17. The van der Waals surface area contributed by atoms with Gasteiger partial charge in [-0.15, -0.1) is 11.6 Å². The normalized spacial score (nSPS) is 13.1. The van der Waals surface area contributed by atoms with Gasteiger partial charge in [0.15, 0.2) is 5.65 Å². The first-order valence-electron chi connectivity index (χ1n) is 6.55. The second kappa shape index (κ2) is 6.35. The Kier molecular flexibility index (Phi) is 4.77. The maximum atomic E-state index is 5.88. The number of ether oxygens (including phenoxy) is 1. The molecule has 0 spiro atoms. The Morgan fingerprint density at radius 3 is 2.95 bits per heavy atom. The van der Waals surface area contributed by atoms with Crippen molar-refractivity contribution >= 4 is 22.8 Å². The average Bonchev–Trinajstić information content (AvgIpc) is 2.73. The van der Waals surface area contributed by atoms with Crippen molar-refractivity contribution in [2.24, 2.45) is 0 Å². The van der Waals surface area contributed by atoms with Crippen molar-refractivity contribution in [3.63, 3.8) is 0 Å². The number of imidazole rings is 1. The van der Waals surface area contributed by atoms with E-state index in [0.29, 0.717) is 11.9 Å². The van der Waals surface area contributed by atoms with Crippen LogP contribution in [0.2, 0.25) is 0 Å². The van der Waals surface area contributed by atoms with Crippen molar-refractivity contribution in [3.8, 4) is 0 Å². The summed E-state index contributed by atoms with van der Waals surface area (Å²) in [5, 5.41) is 0. The van der Waals surface area contributed by atoms with Crippen LogP contribution in [0.5, 0.6) is 0 Å². The number of methoxy groups -OCH3 is 1. The average molecular weight is 282 g/mol. The van der Waals surface area contributed by atoms with Crippen LogP contribution < -0.4 is 0 Å². The smallest absolute Gasteiger partial charge is 0.160 e. The summed E-state index contributed by atoms with van der Waals surface area (Å²) >= 11 is 5.88. The predicted octanol–water partition coefficient (Wildman–Crippen LogP) is 3.12. The fourth-order valence-corrected chi connectivity index (χ4v) is 2.44. The second-order valence-corrected chi connectivity index (χ2v) is 5.20. The van der Waals surface area contributed by atoms with Gasteiger partial charge in [0.25, 0.3) is 0 Å². The lowest BCUT2D eigenvalue weighted by Gasteiger charge is -2.16. The van der Waals surface area contributed by atoms with Gasteiger partial charge in [0.1, 0.15) is 11.3 Å². The summed E-state index contributed by atoms with van der Waals surface area (Å²) in [5.74, 6) is 1.57. The highest BCUT2D eigenvalue weighted by atomic mass is 35.5. The zero-order valence-corrected chi connectivity index (χ0v) is 12.4. The van der Waals surface area contributed by atoms with E-state index in [9.17, 15) is 0 Å². The molecule has 0 saturated carbocycles. The van der Waals surface area contributed by atoms with Crippen LogP contribution in [0.15, 0.2) is 12.3 Å². The zero-order valence-electron chi connectivity index (χ0n) is 11.7. The molecule has 2 rings (SSSR count). The Bertz CT molecular complexity index is 553. The van der Waals surface area contributed by atoms with Crippen molar-refractivity contribution in [3.05, 3.63) is 23.7 Å². The number of pyridine rings is 1. The van der Waals surface area contributed by atoms with Gasteiger partial charge in [0, 0.05) is 38.3 Å². The lowest BCUT2D eigenvalue weighted by atomic mass is 10.2. The van der Waals surface area contributed by atoms with E-state index < -0.39 is 0 Å². The monoisotopic (exact) mass is 281 g/mol. The molecule has 2 aromatic rings. The topological polar surface area (TPSA) is 39.9 Å². The molecule has 19 heavy (non-hydrogen) atoms. The number of aryl methyl sites for hydroxylation is 2. The summed E-state index contributed by atoms with van der Waals surface area (Å²) in [6, 6.07) is 2.37. The van der Waals surface area contributed by atoms with Gasteiger partial charge in [-0.1, -0.05) is 0 Å². The molecule has 0 aliphatic heterocycles. The van der Waals surface area contributed by atoms with Crippen LogP contribution in [-0.4, -0.2) is 34.1 Å². The molecule has 0 bridgehead atoms. The fourth-order valence-electron chi connectivity index (χ4n) is 2.27. The molecule has 2 heterocycles. The number of hydrogen-bond acceptors (Lipinski definition) is 3. The highest BCUT2D eigenvalue weighted by molar-refractivity contribution is 6.17. The molecule has 0 aliphatic rings. The molecule has 2 aromatic heterocycles. The van der Waals surface area contributed by atoms with E-state index in [1.54, 1.807) is 7.11 Å². The number of nitrogens with zero attached hydrogens (tertiary/aromatic N) is 3. The van der Waals surface area contributed by atoms with E-state index in [2.05, 4.69) is 27.5 Å². The van der Waals surface area contributed by atoms with Crippen molar-refractivity contribution < 1.29 is 4.74 Å². The summed E-state index contributed by atoms with van der Waals surface area (Å²) < 4.78 is 7.35. The Balaban J connectivity index is 2.45. The maximum absolute atomic E-state index is 5.88. The molecule has 0 saturated heterocycles. The molecule has 0 aliphatic carbocycles. The second-order valence-electron chi connectivity index (χ2n) is 4.82.